The molecule has 1 aromatic carbocycles. The number of anilines is 2. The van der Waals surface area contributed by atoms with Crippen LogP contribution >= 0.6 is 0 Å². The molecule has 2 aromatic rings. The number of aromatic nitrogens is 2. The van der Waals surface area contributed by atoms with E-state index < -0.39 is 0 Å². The summed E-state index contributed by atoms with van der Waals surface area (Å²) in [6.07, 6.45) is 3.78. The Morgan fingerprint density at radius 2 is 1.75 bits per heavy atom. The number of hydrogen-bond donors (Lipinski definition) is 1. The van der Waals surface area contributed by atoms with Crippen LogP contribution in [0.15, 0.2) is 35.4 Å². The smallest absolute Gasteiger partial charge is 0.152 e. The van der Waals surface area contributed by atoms with Gasteiger partial charge in [-0.25, -0.2) is 9.97 Å². The van der Waals surface area contributed by atoms with Gasteiger partial charge in [0.1, 0.15) is 11.6 Å². The molecule has 0 radical (unpaired) electrons. The van der Waals surface area contributed by atoms with E-state index >= 15 is 0 Å². The van der Waals surface area contributed by atoms with Crippen LogP contribution in [0, 0.1) is 13.8 Å². The van der Waals surface area contributed by atoms with Crippen molar-refractivity contribution in [2.75, 3.05) is 23.4 Å². The summed E-state index contributed by atoms with van der Waals surface area (Å²) in [7, 11) is 0. The number of nitrogens with one attached hydrogen (secondary N) is 1. The van der Waals surface area contributed by atoms with E-state index in [1.54, 1.807) is 0 Å². The Morgan fingerprint density at radius 1 is 1.04 bits per heavy atom. The molecule has 1 aliphatic heterocycles. The Bertz CT molecular complexity index is 715. The highest BCUT2D eigenvalue weighted by Crippen LogP contribution is 2.20. The van der Waals surface area contributed by atoms with Crippen molar-refractivity contribution in [2.24, 2.45) is 5.10 Å². The van der Waals surface area contributed by atoms with E-state index in [4.69, 9.17) is 0 Å². The fourth-order valence-electron chi connectivity index (χ4n) is 2.89. The minimum atomic E-state index is 0.745. The van der Waals surface area contributed by atoms with Crippen molar-refractivity contribution in [1.82, 2.24) is 9.97 Å². The molecule has 126 valence electrons. The van der Waals surface area contributed by atoms with Gasteiger partial charge >= 0.3 is 0 Å². The molecular weight excluding hydrogens is 298 g/mol. The number of benzene rings is 1. The Kier molecular flexibility index (Phi) is 5.08. The Morgan fingerprint density at radius 3 is 2.46 bits per heavy atom. The molecule has 5 nitrogen and oxygen atoms in total. The monoisotopic (exact) mass is 323 g/mol. The number of hydrogen-bond acceptors (Lipinski definition) is 5. The van der Waals surface area contributed by atoms with Crippen molar-refractivity contribution in [3.05, 3.63) is 47.3 Å². The van der Waals surface area contributed by atoms with Gasteiger partial charge in [0, 0.05) is 19.2 Å². The van der Waals surface area contributed by atoms with Gasteiger partial charge < -0.3 is 4.90 Å². The van der Waals surface area contributed by atoms with Gasteiger partial charge in [-0.1, -0.05) is 29.8 Å². The van der Waals surface area contributed by atoms with E-state index in [0.29, 0.717) is 0 Å². The Balaban J connectivity index is 1.75. The molecule has 0 aliphatic carbocycles. The molecule has 2 heterocycles. The Labute approximate surface area is 143 Å². The van der Waals surface area contributed by atoms with Crippen LogP contribution in [0.4, 0.5) is 11.6 Å². The van der Waals surface area contributed by atoms with Gasteiger partial charge in [0.25, 0.3) is 0 Å². The van der Waals surface area contributed by atoms with Crippen molar-refractivity contribution < 1.29 is 0 Å². The van der Waals surface area contributed by atoms with E-state index in [2.05, 4.69) is 56.6 Å². The second kappa shape index (κ2) is 7.43. The van der Waals surface area contributed by atoms with Gasteiger partial charge in [-0.3, -0.25) is 5.43 Å². The maximum absolute atomic E-state index is 4.58. The topological polar surface area (TPSA) is 53.4 Å². The van der Waals surface area contributed by atoms with Gasteiger partial charge in [0.2, 0.25) is 0 Å². The summed E-state index contributed by atoms with van der Waals surface area (Å²) < 4.78 is 0. The second-order valence-corrected chi connectivity index (χ2v) is 6.38. The predicted molar refractivity (Wildman–Crippen MR) is 99.8 cm³/mol. The van der Waals surface area contributed by atoms with Crippen molar-refractivity contribution in [3.8, 4) is 0 Å². The molecule has 0 spiro atoms. The van der Waals surface area contributed by atoms with Gasteiger partial charge in [0.15, 0.2) is 5.82 Å². The van der Waals surface area contributed by atoms with Crippen LogP contribution in [0.3, 0.4) is 0 Å². The molecule has 5 heteroatoms. The molecule has 1 N–H and O–H groups in total. The molecule has 1 aliphatic rings. The van der Waals surface area contributed by atoms with E-state index in [1.807, 2.05) is 19.9 Å². The number of aryl methyl sites for hydroxylation is 2. The lowest BCUT2D eigenvalue weighted by Gasteiger charge is -2.28. The maximum Gasteiger partial charge on any atom is 0.152 e. The zero-order valence-electron chi connectivity index (χ0n) is 14.7. The molecule has 1 fully saturated rings. The van der Waals surface area contributed by atoms with E-state index in [0.717, 1.165) is 41.8 Å². The van der Waals surface area contributed by atoms with E-state index in [-0.39, 0.29) is 0 Å². The van der Waals surface area contributed by atoms with Crippen LogP contribution in [-0.4, -0.2) is 28.8 Å². The van der Waals surface area contributed by atoms with Crippen LogP contribution < -0.4 is 10.3 Å². The third-order valence-electron chi connectivity index (χ3n) is 4.31. The molecule has 0 unspecified atom stereocenters. The van der Waals surface area contributed by atoms with E-state index in [9.17, 15) is 0 Å². The average molecular weight is 323 g/mol. The quantitative estimate of drug-likeness (QED) is 0.684. The largest absolute Gasteiger partial charge is 0.356 e. The SMILES string of the molecule is CC(=NNc1cc(N2CCCCC2)nc(C)n1)c1ccc(C)cc1. The summed E-state index contributed by atoms with van der Waals surface area (Å²) in [6.45, 7) is 8.15. The molecule has 0 amide bonds. The normalized spacial score (nSPS) is 15.5. The zero-order valence-corrected chi connectivity index (χ0v) is 14.7. The highest BCUT2D eigenvalue weighted by Gasteiger charge is 2.13. The molecule has 0 saturated carbocycles. The molecule has 1 saturated heterocycles. The molecular formula is C19H25N5. The third-order valence-corrected chi connectivity index (χ3v) is 4.31. The number of hydrazone groups is 1. The van der Waals surface area contributed by atoms with Crippen LogP contribution in [0.2, 0.25) is 0 Å². The fraction of sp³-hybridized carbons (Fsp3) is 0.421. The number of nitrogens with zero attached hydrogens (tertiary/aromatic N) is 4. The lowest BCUT2D eigenvalue weighted by atomic mass is 10.1. The summed E-state index contributed by atoms with van der Waals surface area (Å²) in [5.41, 5.74) is 6.38. The summed E-state index contributed by atoms with van der Waals surface area (Å²) in [6, 6.07) is 10.3. The summed E-state index contributed by atoms with van der Waals surface area (Å²) >= 11 is 0. The maximum atomic E-state index is 4.58. The Hall–Kier alpha value is -2.43. The van der Waals surface area contributed by atoms with E-state index in [1.165, 1.54) is 24.8 Å². The first-order valence-electron chi connectivity index (χ1n) is 8.60. The van der Waals surface area contributed by atoms with Crippen LogP contribution in [0.5, 0.6) is 0 Å². The standard InChI is InChI=1S/C19H25N5/c1-14-7-9-17(10-8-14)15(2)22-23-18-13-19(21-16(3)20-18)24-11-5-4-6-12-24/h7-10,13H,4-6,11-12H2,1-3H3,(H,20,21,23). The summed E-state index contributed by atoms with van der Waals surface area (Å²) in [5.74, 6) is 2.51. The molecule has 0 atom stereocenters. The summed E-state index contributed by atoms with van der Waals surface area (Å²) in [5, 5.41) is 4.48. The first kappa shape index (κ1) is 16.4. The van der Waals surface area contributed by atoms with Crippen molar-refractivity contribution in [2.45, 2.75) is 40.0 Å². The minimum absolute atomic E-state index is 0.745. The minimum Gasteiger partial charge on any atom is -0.356 e. The third kappa shape index (κ3) is 4.10. The van der Waals surface area contributed by atoms with Gasteiger partial charge in [-0.15, -0.1) is 0 Å². The highest BCUT2D eigenvalue weighted by molar-refractivity contribution is 5.99. The van der Waals surface area contributed by atoms with Crippen molar-refractivity contribution in [1.29, 1.82) is 0 Å². The lowest BCUT2D eigenvalue weighted by molar-refractivity contribution is 0.572. The van der Waals surface area contributed by atoms with Crippen LogP contribution in [-0.2, 0) is 0 Å². The predicted octanol–water partition coefficient (Wildman–Crippen LogP) is 3.92. The molecule has 24 heavy (non-hydrogen) atoms. The molecule has 0 bridgehead atoms. The van der Waals surface area contributed by atoms with Gasteiger partial charge in [-0.05, 0) is 45.6 Å². The number of piperidine rings is 1. The zero-order chi connectivity index (χ0) is 16.9. The summed E-state index contributed by atoms with van der Waals surface area (Å²) in [4.78, 5) is 11.4. The lowest BCUT2D eigenvalue weighted by Crippen LogP contribution is -2.30. The van der Waals surface area contributed by atoms with Crippen LogP contribution in [0.1, 0.15) is 43.1 Å². The fourth-order valence-corrected chi connectivity index (χ4v) is 2.89. The number of rotatable bonds is 4. The first-order valence-corrected chi connectivity index (χ1v) is 8.60. The van der Waals surface area contributed by atoms with Crippen molar-refractivity contribution in [3.63, 3.8) is 0 Å². The highest BCUT2D eigenvalue weighted by atomic mass is 15.3. The van der Waals surface area contributed by atoms with Gasteiger partial charge in [-0.2, -0.15) is 5.10 Å². The average Bonchev–Trinajstić information content (AvgIpc) is 2.60. The molecule has 1 aromatic heterocycles. The molecule has 3 rings (SSSR count). The second-order valence-electron chi connectivity index (χ2n) is 6.38. The van der Waals surface area contributed by atoms with Gasteiger partial charge in [0.05, 0.1) is 5.71 Å². The van der Waals surface area contributed by atoms with Crippen molar-refractivity contribution >= 4 is 17.3 Å². The first-order chi connectivity index (χ1) is 11.6. The van der Waals surface area contributed by atoms with Crippen LogP contribution in [0.25, 0.3) is 0 Å².